The molecular formula is C23H28N4O7. The molecule has 1 aromatic carbocycles. The number of carbonyl (C=O) groups excluding carboxylic acids is 3. The molecule has 4 rings (SSSR count). The molecule has 1 fully saturated rings. The first-order valence-corrected chi connectivity index (χ1v) is 10.7. The van der Waals surface area contributed by atoms with E-state index in [0.29, 0.717) is 11.3 Å². The van der Waals surface area contributed by atoms with Gasteiger partial charge < -0.3 is 36.8 Å². The average molecular weight is 472 g/mol. The lowest BCUT2D eigenvalue weighted by Gasteiger charge is -2.50. The number of carbonyl (C=O) groups is 3. The van der Waals surface area contributed by atoms with E-state index in [1.807, 2.05) is 0 Å². The largest absolute Gasteiger partial charge is 0.508 e. The lowest BCUT2D eigenvalue weighted by molar-refractivity contribution is -0.153. The Labute approximate surface area is 195 Å². The Morgan fingerprint density at radius 2 is 1.76 bits per heavy atom. The van der Waals surface area contributed by atoms with Crippen molar-refractivity contribution in [2.45, 2.75) is 24.5 Å². The summed E-state index contributed by atoms with van der Waals surface area (Å²) in [5.41, 5.74) is 8.68. The molecule has 0 saturated heterocycles. The zero-order valence-electron chi connectivity index (χ0n) is 19.3. The van der Waals surface area contributed by atoms with Crippen LogP contribution in [0.1, 0.15) is 17.5 Å². The standard InChI is InChI=1S/C23H28N4O7/c1-26(2)12-7-11(24)17(28)14-9(12)5-8-6-10-16(27(3)4)19(30)15(22(25)33)21(32)23(10,34)20(31)13(8)18(14)29/h7-8,10,16,28-29,32,34H,5-6,24H2,1-4H3,(H2,25,33)/t8-,10+,16-,23-/m0/s1. The van der Waals surface area contributed by atoms with Crippen LogP contribution in [0.3, 0.4) is 0 Å². The molecule has 1 aromatic rings. The Balaban J connectivity index is 2.01. The van der Waals surface area contributed by atoms with Crippen LogP contribution in [0, 0.1) is 11.8 Å². The number of fused-ring (bicyclic) bond motifs is 3. The van der Waals surface area contributed by atoms with Crippen LogP contribution >= 0.6 is 0 Å². The van der Waals surface area contributed by atoms with Crippen molar-refractivity contribution in [2.75, 3.05) is 38.8 Å². The molecule has 11 heteroatoms. The number of aliphatic hydroxyl groups is 3. The van der Waals surface area contributed by atoms with Crippen LogP contribution in [0.5, 0.6) is 5.75 Å². The van der Waals surface area contributed by atoms with Crippen molar-refractivity contribution in [3.05, 3.63) is 34.1 Å². The highest BCUT2D eigenvalue weighted by atomic mass is 16.3. The zero-order valence-corrected chi connectivity index (χ0v) is 19.3. The summed E-state index contributed by atoms with van der Waals surface area (Å²) in [7, 11) is 6.64. The highest BCUT2D eigenvalue weighted by molar-refractivity contribution is 6.24. The number of Topliss-reactive ketones (excluding diaryl/α,β-unsaturated/α-hetero) is 2. The van der Waals surface area contributed by atoms with Crippen molar-refractivity contribution in [3.8, 4) is 5.75 Å². The molecule has 3 aliphatic rings. The first kappa shape index (κ1) is 23.6. The monoisotopic (exact) mass is 472 g/mol. The molecule has 1 amide bonds. The van der Waals surface area contributed by atoms with E-state index in [1.54, 1.807) is 39.2 Å². The number of ketones is 2. The van der Waals surface area contributed by atoms with E-state index in [2.05, 4.69) is 0 Å². The van der Waals surface area contributed by atoms with Gasteiger partial charge in [0, 0.05) is 31.3 Å². The fourth-order valence-corrected chi connectivity index (χ4v) is 5.71. The number of likely N-dealkylation sites (N-methyl/N-ethyl adjacent to an activating group) is 1. The summed E-state index contributed by atoms with van der Waals surface area (Å²) in [5.74, 6) is -6.95. The summed E-state index contributed by atoms with van der Waals surface area (Å²) in [4.78, 5) is 42.0. The predicted octanol–water partition coefficient (Wildman–Crippen LogP) is -0.388. The van der Waals surface area contributed by atoms with Gasteiger partial charge in [-0.05, 0) is 44.5 Å². The van der Waals surface area contributed by atoms with Gasteiger partial charge in [0.05, 0.1) is 17.3 Å². The molecule has 182 valence electrons. The molecule has 1 saturated carbocycles. The highest BCUT2D eigenvalue weighted by Gasteiger charge is 2.64. The fourth-order valence-electron chi connectivity index (χ4n) is 5.71. The second-order valence-electron chi connectivity index (χ2n) is 9.54. The lowest BCUT2D eigenvalue weighted by Crippen LogP contribution is -2.65. The summed E-state index contributed by atoms with van der Waals surface area (Å²) >= 11 is 0. The molecule has 4 atom stereocenters. The Morgan fingerprint density at radius 3 is 2.29 bits per heavy atom. The highest BCUT2D eigenvalue weighted by Crippen LogP contribution is 2.54. The second kappa shape index (κ2) is 7.47. The smallest absolute Gasteiger partial charge is 0.255 e. The topological polar surface area (TPSA) is 191 Å². The van der Waals surface area contributed by atoms with Crippen molar-refractivity contribution in [2.24, 2.45) is 17.6 Å². The lowest BCUT2D eigenvalue weighted by atomic mass is 9.57. The second-order valence-corrected chi connectivity index (χ2v) is 9.54. The quantitative estimate of drug-likeness (QED) is 0.192. The number of aliphatic hydroxyl groups excluding tert-OH is 2. The van der Waals surface area contributed by atoms with E-state index in [1.165, 1.54) is 4.90 Å². The maximum atomic E-state index is 13.7. The molecule has 8 N–H and O–H groups in total. The van der Waals surface area contributed by atoms with Crippen molar-refractivity contribution >= 4 is 34.6 Å². The van der Waals surface area contributed by atoms with E-state index in [0.717, 1.165) is 0 Å². The third-order valence-electron chi connectivity index (χ3n) is 7.21. The van der Waals surface area contributed by atoms with E-state index in [9.17, 15) is 34.8 Å². The first-order valence-electron chi connectivity index (χ1n) is 10.7. The van der Waals surface area contributed by atoms with Gasteiger partial charge in [-0.15, -0.1) is 0 Å². The molecule has 0 unspecified atom stereocenters. The van der Waals surface area contributed by atoms with Gasteiger partial charge in [-0.2, -0.15) is 0 Å². The molecule has 0 radical (unpaired) electrons. The van der Waals surface area contributed by atoms with Gasteiger partial charge in [-0.1, -0.05) is 0 Å². The van der Waals surface area contributed by atoms with Crippen LogP contribution in [0.25, 0.3) is 5.76 Å². The van der Waals surface area contributed by atoms with Crippen molar-refractivity contribution < 1.29 is 34.8 Å². The number of phenolic OH excluding ortho intramolecular Hbond substituents is 1. The summed E-state index contributed by atoms with van der Waals surface area (Å²) in [6.07, 6.45) is 0.236. The molecule has 11 nitrogen and oxygen atoms in total. The number of benzene rings is 1. The number of hydrogen-bond donors (Lipinski definition) is 6. The molecule has 0 spiro atoms. The Kier molecular flexibility index (Phi) is 5.18. The summed E-state index contributed by atoms with van der Waals surface area (Å²) < 4.78 is 0. The fraction of sp³-hybridized carbons (Fsp3) is 0.435. The first-order chi connectivity index (χ1) is 15.7. The number of hydrogen-bond acceptors (Lipinski definition) is 10. The third kappa shape index (κ3) is 2.86. The number of phenols is 1. The molecule has 34 heavy (non-hydrogen) atoms. The normalized spacial score (nSPS) is 28.6. The Morgan fingerprint density at radius 1 is 1.15 bits per heavy atom. The van der Waals surface area contributed by atoms with Crippen LogP contribution in [-0.4, -0.2) is 82.6 Å². The average Bonchev–Trinajstić information content (AvgIpc) is 2.72. The van der Waals surface area contributed by atoms with Gasteiger partial charge in [-0.25, -0.2) is 0 Å². The number of rotatable bonds is 3. The van der Waals surface area contributed by atoms with Crippen molar-refractivity contribution in [3.63, 3.8) is 0 Å². The molecule has 0 aromatic heterocycles. The molecular weight excluding hydrogens is 444 g/mol. The van der Waals surface area contributed by atoms with E-state index in [-0.39, 0.29) is 29.7 Å². The zero-order chi connectivity index (χ0) is 25.4. The van der Waals surface area contributed by atoms with Gasteiger partial charge in [0.2, 0.25) is 5.78 Å². The van der Waals surface area contributed by atoms with Crippen molar-refractivity contribution in [1.82, 2.24) is 4.90 Å². The minimum Gasteiger partial charge on any atom is -0.508 e. The van der Waals surface area contributed by atoms with Gasteiger partial charge >= 0.3 is 0 Å². The summed E-state index contributed by atoms with van der Waals surface area (Å²) in [5, 5.41) is 44.2. The van der Waals surface area contributed by atoms with Crippen molar-refractivity contribution in [1.29, 1.82) is 0 Å². The Bertz CT molecular complexity index is 1220. The number of aromatic hydroxyl groups is 1. The molecule has 0 bridgehead atoms. The number of primary amides is 1. The number of nitrogens with zero attached hydrogens (tertiary/aromatic N) is 2. The van der Waals surface area contributed by atoms with E-state index in [4.69, 9.17) is 11.5 Å². The molecule has 3 aliphatic carbocycles. The van der Waals surface area contributed by atoms with E-state index < -0.39 is 63.8 Å². The van der Waals surface area contributed by atoms with Gasteiger partial charge in [0.1, 0.15) is 22.8 Å². The van der Waals surface area contributed by atoms with Gasteiger partial charge in [0.15, 0.2) is 11.4 Å². The SMILES string of the molecule is CN(C)c1cc(N)c(O)c2c1C[C@H]1C[C@@H]3[C@H](N(C)C)C(=O)C(C(N)=O)=C(O)[C@@]3(O)C(=O)C1=C2O. The van der Waals surface area contributed by atoms with Crippen LogP contribution in [0.2, 0.25) is 0 Å². The Hall–Kier alpha value is -3.57. The third-order valence-corrected chi connectivity index (χ3v) is 7.21. The van der Waals surface area contributed by atoms with Crippen LogP contribution < -0.4 is 16.4 Å². The van der Waals surface area contributed by atoms with Crippen LogP contribution in [-0.2, 0) is 20.8 Å². The number of anilines is 2. The van der Waals surface area contributed by atoms with Crippen LogP contribution in [0.4, 0.5) is 11.4 Å². The maximum Gasteiger partial charge on any atom is 0.255 e. The van der Waals surface area contributed by atoms with Crippen LogP contribution in [0.15, 0.2) is 23.0 Å². The van der Waals surface area contributed by atoms with Gasteiger partial charge in [0.25, 0.3) is 5.91 Å². The minimum absolute atomic E-state index is 0.0115. The summed E-state index contributed by atoms with van der Waals surface area (Å²) in [6, 6.07) is 0.444. The molecule has 0 aliphatic heterocycles. The number of nitrogen functional groups attached to an aromatic ring is 1. The minimum atomic E-state index is -2.66. The number of amides is 1. The summed E-state index contributed by atoms with van der Waals surface area (Å²) in [6.45, 7) is 0. The molecule has 0 heterocycles. The van der Waals surface area contributed by atoms with E-state index >= 15 is 0 Å². The predicted molar refractivity (Wildman–Crippen MR) is 123 cm³/mol. The van der Waals surface area contributed by atoms with Gasteiger partial charge in [-0.3, -0.25) is 19.3 Å². The number of nitrogens with two attached hydrogens (primary N) is 2. The maximum absolute atomic E-state index is 13.7.